The lowest BCUT2D eigenvalue weighted by Gasteiger charge is -2.19. The Morgan fingerprint density at radius 2 is 2.00 bits per heavy atom. The van der Waals surface area contributed by atoms with Crippen LogP contribution in [0.2, 0.25) is 0 Å². The largest absolute Gasteiger partial charge is 0.479 e. The normalized spacial score (nSPS) is 13.6. The molecule has 0 saturated carbocycles. The van der Waals surface area contributed by atoms with Crippen molar-refractivity contribution < 1.29 is 24.5 Å². The third-order valence-corrected chi connectivity index (χ3v) is 4.50. The number of carboxylic acids is 1. The Balaban J connectivity index is 2.49. The highest BCUT2D eigenvalue weighted by Gasteiger charge is 2.30. The Bertz CT molecular complexity index is 784. The second-order valence-corrected chi connectivity index (χ2v) is 6.28. The molecule has 2 heterocycles. The number of hydrogen-bond donors (Lipinski definition) is 3. The molecule has 23 heavy (non-hydrogen) atoms. The highest BCUT2D eigenvalue weighted by atomic mass is 32.1. The number of hydrogen-bond acceptors (Lipinski definition) is 8. The highest BCUT2D eigenvalue weighted by molar-refractivity contribution is 7.20. The van der Waals surface area contributed by atoms with Gasteiger partial charge in [0.2, 0.25) is 0 Å². The van der Waals surface area contributed by atoms with E-state index in [1.807, 2.05) is 0 Å². The molecule has 0 saturated heterocycles. The molecule has 2 aromatic rings. The first-order valence-corrected chi connectivity index (χ1v) is 7.54. The maximum absolute atomic E-state index is 11.8. The van der Waals surface area contributed by atoms with Crippen LogP contribution in [0.15, 0.2) is 0 Å². The first-order valence-electron chi connectivity index (χ1n) is 6.73. The Kier molecular flexibility index (Phi) is 4.53. The van der Waals surface area contributed by atoms with Gasteiger partial charge in [-0.15, -0.1) is 11.3 Å². The number of aliphatic carboxylic acids is 1. The molecule has 1 atom stereocenters. The molecule has 9 heteroatoms. The summed E-state index contributed by atoms with van der Waals surface area (Å²) in [6, 6.07) is 0. The minimum Gasteiger partial charge on any atom is -0.479 e. The zero-order valence-electron chi connectivity index (χ0n) is 13.1. The van der Waals surface area contributed by atoms with Crippen LogP contribution >= 0.6 is 11.3 Å². The molecule has 0 aliphatic carbocycles. The minimum atomic E-state index is -1.94. The van der Waals surface area contributed by atoms with Gasteiger partial charge in [0, 0.05) is 0 Å². The highest BCUT2D eigenvalue weighted by Crippen LogP contribution is 2.34. The van der Waals surface area contributed by atoms with Gasteiger partial charge in [-0.3, -0.25) is 0 Å². The number of nitrogens with zero attached hydrogens (tertiary/aromatic N) is 2. The van der Waals surface area contributed by atoms with Gasteiger partial charge in [0.15, 0.2) is 5.60 Å². The predicted molar refractivity (Wildman–Crippen MR) is 85.0 cm³/mol. The van der Waals surface area contributed by atoms with Crippen LogP contribution in [0.5, 0.6) is 0 Å². The van der Waals surface area contributed by atoms with E-state index in [9.17, 15) is 14.7 Å². The number of aliphatic hydroxyl groups is 1. The van der Waals surface area contributed by atoms with E-state index in [0.717, 1.165) is 0 Å². The van der Waals surface area contributed by atoms with Gasteiger partial charge in [-0.05, 0) is 26.3 Å². The number of nitrogens with one attached hydrogen (secondary N) is 1. The molecule has 0 radical (unpaired) electrons. The van der Waals surface area contributed by atoms with Crippen molar-refractivity contribution >= 4 is 39.3 Å². The lowest BCUT2D eigenvalue weighted by Crippen LogP contribution is -2.42. The second-order valence-electron chi connectivity index (χ2n) is 5.28. The first-order chi connectivity index (χ1) is 10.7. The SMILES string of the molecule is COC(=O)c1sc2nc(C)nc(NCC(C)(O)C(=O)O)c2c1C. The van der Waals surface area contributed by atoms with Crippen molar-refractivity contribution in [3.63, 3.8) is 0 Å². The fourth-order valence-electron chi connectivity index (χ4n) is 1.99. The maximum atomic E-state index is 11.8. The number of fused-ring (bicyclic) bond motifs is 1. The summed E-state index contributed by atoms with van der Waals surface area (Å²) in [5.74, 6) is -0.971. The fourth-order valence-corrected chi connectivity index (χ4v) is 3.14. The summed E-state index contributed by atoms with van der Waals surface area (Å²) < 4.78 is 4.75. The quantitative estimate of drug-likeness (QED) is 0.698. The molecule has 2 rings (SSSR count). The molecular formula is C14H17N3O5S. The molecular weight excluding hydrogens is 322 g/mol. The topological polar surface area (TPSA) is 122 Å². The van der Waals surface area contributed by atoms with E-state index in [1.165, 1.54) is 25.4 Å². The van der Waals surface area contributed by atoms with E-state index in [4.69, 9.17) is 9.84 Å². The lowest BCUT2D eigenvalue weighted by atomic mass is 10.1. The molecule has 3 N–H and O–H groups in total. The third-order valence-electron chi connectivity index (χ3n) is 3.33. The number of carboxylic acid groups (broad SMARTS) is 1. The van der Waals surface area contributed by atoms with Gasteiger partial charge in [0.25, 0.3) is 0 Å². The molecule has 2 aromatic heterocycles. The summed E-state index contributed by atoms with van der Waals surface area (Å²) in [6.45, 7) is 4.38. The fraction of sp³-hybridized carbons (Fsp3) is 0.429. The van der Waals surface area contributed by atoms with Gasteiger partial charge in [-0.2, -0.15) is 0 Å². The van der Waals surface area contributed by atoms with Gasteiger partial charge in [0.05, 0.1) is 19.0 Å². The van der Waals surface area contributed by atoms with Crippen molar-refractivity contribution in [2.45, 2.75) is 26.4 Å². The van der Waals surface area contributed by atoms with Gasteiger partial charge in [-0.1, -0.05) is 0 Å². The molecule has 0 spiro atoms. The molecule has 1 unspecified atom stereocenters. The zero-order valence-corrected chi connectivity index (χ0v) is 13.9. The number of aryl methyl sites for hydroxylation is 2. The summed E-state index contributed by atoms with van der Waals surface area (Å²) >= 11 is 1.18. The molecule has 0 amide bonds. The zero-order chi connectivity index (χ0) is 17.4. The van der Waals surface area contributed by atoms with Crippen LogP contribution in [0.3, 0.4) is 0 Å². The van der Waals surface area contributed by atoms with Crippen molar-refractivity contribution in [2.75, 3.05) is 19.0 Å². The predicted octanol–water partition coefficient (Wildman–Crippen LogP) is 1.34. The maximum Gasteiger partial charge on any atom is 0.348 e. The smallest absolute Gasteiger partial charge is 0.348 e. The second kappa shape index (κ2) is 6.09. The van der Waals surface area contributed by atoms with Crippen LogP contribution in [-0.2, 0) is 9.53 Å². The monoisotopic (exact) mass is 339 g/mol. The van der Waals surface area contributed by atoms with Crippen molar-refractivity contribution in [1.29, 1.82) is 0 Å². The Labute approximate surface area is 136 Å². The molecule has 0 aliphatic rings. The average molecular weight is 339 g/mol. The number of carbonyl (C=O) groups excluding carboxylic acids is 1. The van der Waals surface area contributed by atoms with Crippen LogP contribution in [0, 0.1) is 13.8 Å². The van der Waals surface area contributed by atoms with Crippen LogP contribution in [0.25, 0.3) is 10.2 Å². The molecule has 0 aliphatic heterocycles. The van der Waals surface area contributed by atoms with Gasteiger partial charge in [-0.25, -0.2) is 19.6 Å². The van der Waals surface area contributed by atoms with E-state index in [-0.39, 0.29) is 6.54 Å². The summed E-state index contributed by atoms with van der Waals surface area (Å²) in [4.78, 5) is 32.3. The Morgan fingerprint density at radius 1 is 1.35 bits per heavy atom. The molecule has 0 bridgehead atoms. The number of methoxy groups -OCH3 is 1. The number of esters is 1. The van der Waals surface area contributed by atoms with Crippen molar-refractivity contribution in [3.8, 4) is 0 Å². The van der Waals surface area contributed by atoms with Gasteiger partial charge in [0.1, 0.15) is 21.3 Å². The Morgan fingerprint density at radius 3 is 2.57 bits per heavy atom. The van der Waals surface area contributed by atoms with Gasteiger partial charge < -0.3 is 20.3 Å². The molecule has 0 aromatic carbocycles. The van der Waals surface area contributed by atoms with E-state index in [2.05, 4.69) is 15.3 Å². The lowest BCUT2D eigenvalue weighted by molar-refractivity contribution is -0.155. The number of rotatable bonds is 5. The molecule has 0 fully saturated rings. The summed E-state index contributed by atoms with van der Waals surface area (Å²) in [5, 5.41) is 22.2. The van der Waals surface area contributed by atoms with Crippen LogP contribution < -0.4 is 5.32 Å². The number of carbonyl (C=O) groups is 2. The van der Waals surface area contributed by atoms with E-state index < -0.39 is 17.5 Å². The summed E-state index contributed by atoms with van der Waals surface area (Å²) in [6.07, 6.45) is 0. The summed E-state index contributed by atoms with van der Waals surface area (Å²) in [7, 11) is 1.30. The Hall–Kier alpha value is -2.26. The van der Waals surface area contributed by atoms with Gasteiger partial charge >= 0.3 is 11.9 Å². The third kappa shape index (κ3) is 3.25. The number of ether oxygens (including phenoxy) is 1. The van der Waals surface area contributed by atoms with E-state index >= 15 is 0 Å². The molecule has 8 nitrogen and oxygen atoms in total. The van der Waals surface area contributed by atoms with Crippen LogP contribution in [-0.4, -0.2) is 51.4 Å². The van der Waals surface area contributed by atoms with E-state index in [0.29, 0.717) is 32.3 Å². The van der Waals surface area contributed by atoms with Crippen molar-refractivity contribution in [3.05, 3.63) is 16.3 Å². The van der Waals surface area contributed by atoms with Crippen molar-refractivity contribution in [2.24, 2.45) is 0 Å². The van der Waals surface area contributed by atoms with Crippen LogP contribution in [0.4, 0.5) is 5.82 Å². The van der Waals surface area contributed by atoms with Crippen molar-refractivity contribution in [1.82, 2.24) is 9.97 Å². The van der Waals surface area contributed by atoms with E-state index in [1.54, 1.807) is 13.8 Å². The first kappa shape index (κ1) is 17.1. The summed E-state index contributed by atoms with van der Waals surface area (Å²) in [5.41, 5.74) is -1.30. The van der Waals surface area contributed by atoms with Crippen LogP contribution in [0.1, 0.15) is 28.0 Å². The average Bonchev–Trinajstić information content (AvgIpc) is 2.80. The number of anilines is 1. The number of aromatic nitrogens is 2. The standard InChI is InChI=1S/C14H17N3O5S/c1-6-8-10(15-5-14(3,21)13(19)20)16-7(2)17-11(8)23-9(6)12(18)22-4/h21H,5H2,1-4H3,(H,19,20)(H,15,16,17). The minimum absolute atomic E-state index is 0.239. The molecule has 124 valence electrons. The number of thiophene rings is 1.